The Morgan fingerprint density at radius 1 is 0.927 bits per heavy atom. The highest BCUT2D eigenvalue weighted by molar-refractivity contribution is 6.24. The average Bonchev–Trinajstić information content (AvgIpc) is 3.51. The molecule has 0 bridgehead atoms. The number of nitrogens with zero attached hydrogens (tertiary/aromatic N) is 4. The van der Waals surface area contributed by atoms with Crippen molar-refractivity contribution >= 4 is 29.3 Å². The molecule has 41 heavy (non-hydrogen) atoms. The van der Waals surface area contributed by atoms with Gasteiger partial charge in [0.05, 0.1) is 35.7 Å². The number of unbranched alkanes of at least 4 members (excludes halogenated alkanes) is 6. The number of nitrogens with two attached hydrogens (primary N) is 1. The Hall–Kier alpha value is -3.73. The minimum absolute atomic E-state index is 0.0932. The van der Waals surface area contributed by atoms with Crippen molar-refractivity contribution in [2.45, 2.75) is 82.7 Å². The summed E-state index contributed by atoms with van der Waals surface area (Å²) in [6.07, 6.45) is 14.0. The molecule has 1 aromatic carbocycles. The lowest BCUT2D eigenvalue weighted by Crippen LogP contribution is -2.54. The van der Waals surface area contributed by atoms with E-state index in [1.807, 2.05) is 10.9 Å². The lowest BCUT2D eigenvalue weighted by molar-refractivity contribution is -0.136. The van der Waals surface area contributed by atoms with Gasteiger partial charge in [0.1, 0.15) is 11.8 Å². The lowest BCUT2D eigenvalue weighted by atomic mass is 10.0. The molecule has 0 spiro atoms. The van der Waals surface area contributed by atoms with Crippen LogP contribution >= 0.6 is 0 Å². The van der Waals surface area contributed by atoms with Gasteiger partial charge in [0.25, 0.3) is 11.8 Å². The fraction of sp³-hybridized carbons (Fsp3) is 0.567. The summed E-state index contributed by atoms with van der Waals surface area (Å²) in [5.41, 5.74) is 6.97. The summed E-state index contributed by atoms with van der Waals surface area (Å²) in [4.78, 5) is 53.4. The van der Waals surface area contributed by atoms with E-state index in [4.69, 9.17) is 10.5 Å². The van der Waals surface area contributed by atoms with E-state index in [0.29, 0.717) is 18.4 Å². The predicted octanol–water partition coefficient (Wildman–Crippen LogP) is 3.31. The summed E-state index contributed by atoms with van der Waals surface area (Å²) in [5, 5.41) is 6.58. The van der Waals surface area contributed by atoms with Crippen molar-refractivity contribution in [3.8, 4) is 5.75 Å². The number of nitrogens with one attached hydrogen (secondary N) is 1. The zero-order valence-corrected chi connectivity index (χ0v) is 23.6. The smallest absolute Gasteiger partial charge is 0.266 e. The van der Waals surface area contributed by atoms with Crippen LogP contribution in [0, 0.1) is 0 Å². The van der Waals surface area contributed by atoms with E-state index in [2.05, 4.69) is 15.3 Å². The van der Waals surface area contributed by atoms with Gasteiger partial charge in [0.15, 0.2) is 0 Å². The molecule has 3 aliphatic heterocycles. The molecule has 3 aliphatic rings. The van der Waals surface area contributed by atoms with Crippen LogP contribution in [0.3, 0.4) is 0 Å². The maximum atomic E-state index is 13.1. The second-order valence-corrected chi connectivity index (χ2v) is 11.3. The van der Waals surface area contributed by atoms with Crippen LogP contribution < -0.4 is 15.8 Å². The van der Waals surface area contributed by atoms with E-state index in [-0.39, 0.29) is 24.0 Å². The molecule has 2 saturated heterocycles. The van der Waals surface area contributed by atoms with Crippen LogP contribution in [0.25, 0.3) is 0 Å². The third-order valence-corrected chi connectivity index (χ3v) is 8.36. The van der Waals surface area contributed by atoms with Gasteiger partial charge in [-0.2, -0.15) is 5.10 Å². The van der Waals surface area contributed by atoms with Crippen LogP contribution in [0.15, 0.2) is 30.6 Å². The van der Waals surface area contributed by atoms with Gasteiger partial charge in [0, 0.05) is 25.7 Å². The summed E-state index contributed by atoms with van der Waals surface area (Å²) >= 11 is 0. The third-order valence-electron chi connectivity index (χ3n) is 8.36. The SMILES string of the molecule is Nc1cnn(C2CCN(CCCCCCCCCOc3cccc4c3C(=O)N(C3CCC(=O)NC3=O)C4=O)CC2)c1. The number of ether oxygens (including phenoxy) is 1. The van der Waals surface area contributed by atoms with E-state index >= 15 is 0 Å². The maximum absolute atomic E-state index is 13.1. The van der Waals surface area contributed by atoms with Gasteiger partial charge in [-0.25, -0.2) is 0 Å². The molecule has 2 fully saturated rings. The lowest BCUT2D eigenvalue weighted by Gasteiger charge is -2.32. The van der Waals surface area contributed by atoms with Gasteiger partial charge in [-0.15, -0.1) is 0 Å². The molecule has 0 saturated carbocycles. The summed E-state index contributed by atoms with van der Waals surface area (Å²) < 4.78 is 7.94. The van der Waals surface area contributed by atoms with Crippen molar-refractivity contribution < 1.29 is 23.9 Å². The van der Waals surface area contributed by atoms with Crippen LogP contribution in [0.1, 0.15) is 97.4 Å². The van der Waals surface area contributed by atoms with E-state index in [1.54, 1.807) is 24.4 Å². The number of rotatable bonds is 13. The standard InChI is InChI=1S/C30H40N6O5/c31-21-19-32-35(20-21)22-13-16-34(17-14-22)15-6-4-2-1-3-5-7-18-41-25-10-8-9-23-27(25)30(40)36(29(23)39)24-11-12-26(37)33-28(24)38/h8-10,19-20,22,24H,1-7,11-18,31H2,(H,33,37,38). The van der Waals surface area contributed by atoms with Crippen LogP contribution in [0.2, 0.25) is 0 Å². The van der Waals surface area contributed by atoms with E-state index in [1.165, 1.54) is 25.7 Å². The van der Waals surface area contributed by atoms with Crippen molar-refractivity contribution in [2.24, 2.45) is 0 Å². The van der Waals surface area contributed by atoms with Gasteiger partial charge in [-0.3, -0.25) is 34.1 Å². The number of nitrogen functional groups attached to an aromatic ring is 1. The minimum Gasteiger partial charge on any atom is -0.493 e. The zero-order chi connectivity index (χ0) is 28.8. The van der Waals surface area contributed by atoms with Crippen LogP contribution in [-0.2, 0) is 9.59 Å². The van der Waals surface area contributed by atoms with Crippen molar-refractivity contribution in [3.05, 3.63) is 41.7 Å². The molecule has 0 radical (unpaired) electrons. The Morgan fingerprint density at radius 3 is 2.37 bits per heavy atom. The number of amides is 4. The molecule has 11 nitrogen and oxygen atoms in total. The zero-order valence-electron chi connectivity index (χ0n) is 23.6. The van der Waals surface area contributed by atoms with Crippen LogP contribution in [-0.4, -0.2) is 75.5 Å². The third kappa shape index (κ3) is 6.78. The second-order valence-electron chi connectivity index (χ2n) is 11.3. The molecule has 1 atom stereocenters. The fourth-order valence-electron chi connectivity index (χ4n) is 6.07. The molecule has 4 amide bonds. The quantitative estimate of drug-likeness (QED) is 0.279. The number of likely N-dealkylation sites (tertiary alicyclic amines) is 1. The minimum atomic E-state index is -0.979. The molecule has 1 aromatic heterocycles. The first kappa shape index (κ1) is 28.8. The molecule has 2 aromatic rings. The number of hydrogen-bond acceptors (Lipinski definition) is 8. The molecular formula is C30H40N6O5. The molecular weight excluding hydrogens is 524 g/mol. The van der Waals surface area contributed by atoms with Crippen LogP contribution in [0.5, 0.6) is 5.75 Å². The summed E-state index contributed by atoms with van der Waals surface area (Å²) in [6.45, 7) is 3.84. The maximum Gasteiger partial charge on any atom is 0.266 e. The summed E-state index contributed by atoms with van der Waals surface area (Å²) in [7, 11) is 0. The number of aromatic nitrogens is 2. The number of fused-ring (bicyclic) bond motifs is 1. The molecule has 5 rings (SSSR count). The molecule has 4 heterocycles. The summed E-state index contributed by atoms with van der Waals surface area (Å²) in [6, 6.07) is 4.44. The topological polar surface area (TPSA) is 140 Å². The number of benzene rings is 1. The Balaban J connectivity index is 0.949. The molecule has 3 N–H and O–H groups in total. The Morgan fingerprint density at radius 2 is 1.66 bits per heavy atom. The van der Waals surface area contributed by atoms with E-state index in [0.717, 1.165) is 62.3 Å². The highest BCUT2D eigenvalue weighted by Gasteiger charge is 2.46. The number of anilines is 1. The number of imide groups is 2. The first-order valence-corrected chi connectivity index (χ1v) is 14.9. The van der Waals surface area contributed by atoms with Gasteiger partial charge in [0.2, 0.25) is 11.8 Å². The van der Waals surface area contributed by atoms with E-state index in [9.17, 15) is 19.2 Å². The van der Waals surface area contributed by atoms with Crippen LogP contribution in [0.4, 0.5) is 5.69 Å². The van der Waals surface area contributed by atoms with Gasteiger partial charge in [-0.05, 0) is 50.8 Å². The highest BCUT2D eigenvalue weighted by Crippen LogP contribution is 2.33. The summed E-state index contributed by atoms with van der Waals surface area (Å²) in [5.74, 6) is -1.70. The average molecular weight is 565 g/mol. The Labute approximate surface area is 240 Å². The molecule has 0 aliphatic carbocycles. The Kier molecular flexibility index (Phi) is 9.33. The first-order valence-electron chi connectivity index (χ1n) is 14.9. The molecule has 1 unspecified atom stereocenters. The van der Waals surface area contributed by atoms with Crippen molar-refractivity contribution in [3.63, 3.8) is 0 Å². The van der Waals surface area contributed by atoms with Crippen molar-refractivity contribution in [1.82, 2.24) is 24.9 Å². The van der Waals surface area contributed by atoms with Gasteiger partial charge >= 0.3 is 0 Å². The first-order chi connectivity index (χ1) is 19.9. The fourth-order valence-corrected chi connectivity index (χ4v) is 6.07. The van der Waals surface area contributed by atoms with Gasteiger partial charge in [-0.1, -0.05) is 38.2 Å². The predicted molar refractivity (Wildman–Crippen MR) is 152 cm³/mol. The largest absolute Gasteiger partial charge is 0.493 e. The second kappa shape index (κ2) is 13.3. The number of carbonyl (C=O) groups is 4. The van der Waals surface area contributed by atoms with Crippen molar-refractivity contribution in [1.29, 1.82) is 0 Å². The number of hydrogen-bond donors (Lipinski definition) is 2. The molecule has 11 heteroatoms. The van der Waals surface area contributed by atoms with Crippen molar-refractivity contribution in [2.75, 3.05) is 32.0 Å². The molecule has 220 valence electrons. The monoisotopic (exact) mass is 564 g/mol. The Bertz CT molecular complexity index is 1270. The number of carbonyl (C=O) groups excluding carboxylic acids is 4. The number of piperidine rings is 2. The van der Waals surface area contributed by atoms with Gasteiger partial charge < -0.3 is 15.4 Å². The highest BCUT2D eigenvalue weighted by atomic mass is 16.5. The normalized spacial score (nSPS) is 20.0. The van der Waals surface area contributed by atoms with E-state index < -0.39 is 29.7 Å².